The van der Waals surface area contributed by atoms with Gasteiger partial charge < -0.3 is 9.80 Å². The van der Waals surface area contributed by atoms with Gasteiger partial charge in [0.1, 0.15) is 15.9 Å². The molecule has 1 aliphatic rings. The van der Waals surface area contributed by atoms with Gasteiger partial charge in [0, 0.05) is 46.3 Å². The smallest absolute Gasteiger partial charge is 0.245 e. The predicted octanol–water partition coefficient (Wildman–Crippen LogP) is 1.06. The highest BCUT2D eigenvalue weighted by molar-refractivity contribution is 7.89. The molecule has 11 heteroatoms. The number of fused-ring (bicyclic) bond motifs is 1. The molecule has 1 fully saturated rings. The lowest BCUT2D eigenvalue weighted by molar-refractivity contribution is 0.384. The van der Waals surface area contributed by atoms with Gasteiger partial charge in [-0.25, -0.2) is 8.42 Å². The van der Waals surface area contributed by atoms with Gasteiger partial charge in [-0.3, -0.25) is 0 Å². The number of anilines is 2. The number of hydrogen-bond donors (Lipinski definition) is 0. The van der Waals surface area contributed by atoms with Crippen LogP contribution in [0.3, 0.4) is 0 Å². The van der Waals surface area contributed by atoms with Crippen molar-refractivity contribution in [2.75, 3.05) is 50.1 Å². The molecule has 4 rings (SSSR count). The van der Waals surface area contributed by atoms with E-state index in [1.54, 1.807) is 24.4 Å². The fourth-order valence-corrected chi connectivity index (χ4v) is 5.21. The van der Waals surface area contributed by atoms with Crippen LogP contribution in [0.15, 0.2) is 35.4 Å². The topological polar surface area (TPSA) is 95.4 Å². The summed E-state index contributed by atoms with van der Waals surface area (Å²) in [6, 6.07) is 7.03. The standard InChI is InChI=1S/C16H19N7O2S2/c1-21(2)12-10-15(18-17-11-12)22-6-8-23(9-7-22)27(24,25)14-5-3-4-13-16(14)20-26-19-13/h3-5,10-11H,6-9H2,1-2H3. The minimum Gasteiger partial charge on any atom is -0.376 e. The van der Waals surface area contributed by atoms with Crippen molar-refractivity contribution in [1.82, 2.24) is 23.2 Å². The SMILES string of the molecule is CN(C)c1cnnc(N2CCN(S(=O)(=O)c3cccc4nsnc34)CC2)c1. The maximum Gasteiger partial charge on any atom is 0.245 e. The Kier molecular flexibility index (Phi) is 4.66. The second kappa shape index (κ2) is 6.98. The van der Waals surface area contributed by atoms with Crippen molar-refractivity contribution >= 4 is 44.3 Å². The number of rotatable bonds is 4. The Morgan fingerprint density at radius 2 is 1.89 bits per heavy atom. The van der Waals surface area contributed by atoms with Gasteiger partial charge in [0.15, 0.2) is 5.82 Å². The van der Waals surface area contributed by atoms with E-state index < -0.39 is 10.0 Å². The molecule has 1 aliphatic heterocycles. The van der Waals surface area contributed by atoms with Crippen LogP contribution in [0.2, 0.25) is 0 Å². The molecule has 0 bridgehead atoms. The number of sulfonamides is 1. The van der Waals surface area contributed by atoms with Crippen LogP contribution in [0.25, 0.3) is 11.0 Å². The first kappa shape index (κ1) is 18.0. The van der Waals surface area contributed by atoms with Crippen LogP contribution in [0.1, 0.15) is 0 Å². The second-order valence-electron chi connectivity index (χ2n) is 6.45. The number of nitrogens with zero attached hydrogens (tertiary/aromatic N) is 7. The lowest BCUT2D eigenvalue weighted by Gasteiger charge is -2.34. The van der Waals surface area contributed by atoms with Crippen LogP contribution in [-0.4, -0.2) is 71.9 Å². The van der Waals surface area contributed by atoms with Gasteiger partial charge in [0.25, 0.3) is 0 Å². The minimum atomic E-state index is -3.62. The maximum absolute atomic E-state index is 13.1. The second-order valence-corrected chi connectivity index (χ2v) is 8.88. The van der Waals surface area contributed by atoms with E-state index in [2.05, 4.69) is 23.8 Å². The van der Waals surface area contributed by atoms with E-state index in [0.717, 1.165) is 23.2 Å². The monoisotopic (exact) mass is 405 g/mol. The third kappa shape index (κ3) is 3.33. The summed E-state index contributed by atoms with van der Waals surface area (Å²) < 4.78 is 36.0. The van der Waals surface area contributed by atoms with E-state index in [1.807, 2.05) is 25.1 Å². The minimum absolute atomic E-state index is 0.219. The van der Waals surface area contributed by atoms with Gasteiger partial charge in [-0.1, -0.05) is 6.07 Å². The zero-order valence-electron chi connectivity index (χ0n) is 15.0. The molecule has 142 valence electrons. The van der Waals surface area contributed by atoms with Gasteiger partial charge in [-0.05, 0) is 12.1 Å². The molecule has 0 radical (unpaired) electrons. The average Bonchev–Trinajstić information content (AvgIpc) is 3.17. The molecule has 9 nitrogen and oxygen atoms in total. The molecule has 0 atom stereocenters. The summed E-state index contributed by atoms with van der Waals surface area (Å²) in [4.78, 5) is 4.23. The fourth-order valence-electron chi connectivity index (χ4n) is 3.03. The van der Waals surface area contributed by atoms with Crippen molar-refractivity contribution in [3.05, 3.63) is 30.5 Å². The van der Waals surface area contributed by atoms with Crippen LogP contribution < -0.4 is 9.80 Å². The molecule has 3 heterocycles. The summed E-state index contributed by atoms with van der Waals surface area (Å²) in [6.45, 7) is 1.86. The lowest BCUT2D eigenvalue weighted by atomic mass is 10.3. The third-order valence-corrected chi connectivity index (χ3v) is 7.05. The number of hydrogen-bond acceptors (Lipinski definition) is 9. The number of benzene rings is 1. The molecule has 1 aromatic carbocycles. The Morgan fingerprint density at radius 3 is 2.63 bits per heavy atom. The molecule has 1 saturated heterocycles. The highest BCUT2D eigenvalue weighted by atomic mass is 32.2. The van der Waals surface area contributed by atoms with Crippen LogP contribution in [0, 0.1) is 0 Å². The van der Waals surface area contributed by atoms with E-state index in [0.29, 0.717) is 37.2 Å². The maximum atomic E-state index is 13.1. The Balaban J connectivity index is 1.54. The average molecular weight is 406 g/mol. The van der Waals surface area contributed by atoms with Crippen LogP contribution in [0.5, 0.6) is 0 Å². The highest BCUT2D eigenvalue weighted by Crippen LogP contribution is 2.26. The van der Waals surface area contributed by atoms with E-state index in [9.17, 15) is 8.42 Å². The van der Waals surface area contributed by atoms with Crippen molar-refractivity contribution in [3.63, 3.8) is 0 Å². The lowest BCUT2D eigenvalue weighted by Crippen LogP contribution is -2.49. The van der Waals surface area contributed by atoms with E-state index in [1.165, 1.54) is 4.31 Å². The fraction of sp³-hybridized carbons (Fsp3) is 0.375. The molecule has 3 aromatic rings. The van der Waals surface area contributed by atoms with Crippen LogP contribution in [0.4, 0.5) is 11.5 Å². The Morgan fingerprint density at radius 1 is 1.11 bits per heavy atom. The summed E-state index contributed by atoms with van der Waals surface area (Å²) in [5, 5.41) is 8.23. The summed E-state index contributed by atoms with van der Waals surface area (Å²) >= 11 is 1.02. The normalized spacial score (nSPS) is 16.0. The zero-order chi connectivity index (χ0) is 19.0. The molecular formula is C16H19N7O2S2. The Labute approximate surface area is 161 Å². The molecule has 0 N–H and O–H groups in total. The molecule has 0 spiro atoms. The largest absolute Gasteiger partial charge is 0.376 e. The van der Waals surface area contributed by atoms with Gasteiger partial charge >= 0.3 is 0 Å². The molecular weight excluding hydrogens is 386 g/mol. The highest BCUT2D eigenvalue weighted by Gasteiger charge is 2.31. The van der Waals surface area contributed by atoms with Crippen molar-refractivity contribution in [2.24, 2.45) is 0 Å². The van der Waals surface area contributed by atoms with E-state index >= 15 is 0 Å². The molecule has 2 aromatic heterocycles. The van der Waals surface area contributed by atoms with Crippen LogP contribution in [-0.2, 0) is 10.0 Å². The Hall–Kier alpha value is -2.37. The summed E-state index contributed by atoms with van der Waals surface area (Å²) in [5.41, 5.74) is 2.00. The molecule has 27 heavy (non-hydrogen) atoms. The molecule has 0 aliphatic carbocycles. The summed E-state index contributed by atoms with van der Waals surface area (Å²) in [6.07, 6.45) is 1.70. The Bertz CT molecular complexity index is 1060. The number of piperazine rings is 1. The zero-order valence-corrected chi connectivity index (χ0v) is 16.6. The van der Waals surface area contributed by atoms with Crippen molar-refractivity contribution in [3.8, 4) is 0 Å². The number of aromatic nitrogens is 4. The first-order valence-corrected chi connectivity index (χ1v) is 10.6. The van der Waals surface area contributed by atoms with Gasteiger partial charge in [-0.2, -0.15) is 18.2 Å². The third-order valence-electron chi connectivity index (χ3n) is 4.57. The van der Waals surface area contributed by atoms with Crippen LogP contribution >= 0.6 is 11.7 Å². The van der Waals surface area contributed by atoms with Crippen molar-refractivity contribution < 1.29 is 8.42 Å². The molecule has 0 saturated carbocycles. The summed E-state index contributed by atoms with van der Waals surface area (Å²) in [7, 11) is 0.268. The van der Waals surface area contributed by atoms with E-state index in [4.69, 9.17) is 0 Å². The van der Waals surface area contributed by atoms with Gasteiger partial charge in [-0.15, -0.1) is 5.10 Å². The summed E-state index contributed by atoms with van der Waals surface area (Å²) in [5.74, 6) is 0.754. The molecule has 0 amide bonds. The first-order chi connectivity index (χ1) is 13.0. The first-order valence-electron chi connectivity index (χ1n) is 8.43. The van der Waals surface area contributed by atoms with Gasteiger partial charge in [0.05, 0.1) is 23.6 Å². The van der Waals surface area contributed by atoms with Crippen molar-refractivity contribution in [2.45, 2.75) is 4.90 Å². The van der Waals surface area contributed by atoms with Crippen molar-refractivity contribution in [1.29, 1.82) is 0 Å². The molecule has 0 unspecified atom stereocenters. The quantitative estimate of drug-likeness (QED) is 0.636. The predicted molar refractivity (Wildman–Crippen MR) is 105 cm³/mol. The van der Waals surface area contributed by atoms with E-state index in [-0.39, 0.29) is 4.90 Å². The van der Waals surface area contributed by atoms with Gasteiger partial charge in [0.2, 0.25) is 10.0 Å².